The molecule has 7 heteroatoms. The molecule has 0 aliphatic rings. The van der Waals surface area contributed by atoms with Crippen LogP contribution in [0.4, 0.5) is 0 Å². The van der Waals surface area contributed by atoms with E-state index in [-0.39, 0.29) is 60.9 Å². The fourth-order valence-corrected chi connectivity index (χ4v) is 0.351. The first-order chi connectivity index (χ1) is 6.95. The monoisotopic (exact) mass is 275 g/mol. The first-order valence-corrected chi connectivity index (χ1v) is 4.53. The van der Waals surface area contributed by atoms with Crippen molar-refractivity contribution in [1.82, 2.24) is 0 Å². The zero-order chi connectivity index (χ0) is 12.7. The number of ketones is 2. The van der Waals surface area contributed by atoms with Gasteiger partial charge in [0.2, 0.25) is 0 Å². The molecule has 0 aliphatic heterocycles. The van der Waals surface area contributed by atoms with Crippen molar-refractivity contribution in [2.24, 2.45) is 0 Å². The molecule has 4 N–H and O–H groups in total. The molecule has 0 bridgehead atoms. The average molecular weight is 275 g/mol. The number of carbonyl (C=O) groups is 2. The normalized spacial score (nSPS) is 7.38. The van der Waals surface area contributed by atoms with E-state index in [0.717, 1.165) is 0 Å². The van der Waals surface area contributed by atoms with E-state index in [2.05, 4.69) is 0 Å². The van der Waals surface area contributed by atoms with Gasteiger partial charge in [-0.25, -0.2) is 0 Å². The van der Waals surface area contributed by atoms with E-state index in [1.807, 2.05) is 0 Å². The third kappa shape index (κ3) is 68.1. The van der Waals surface area contributed by atoms with Crippen molar-refractivity contribution in [3.8, 4) is 0 Å². The predicted molar refractivity (Wildman–Crippen MR) is 62.7 cm³/mol. The van der Waals surface area contributed by atoms with Crippen LogP contribution in [0.15, 0.2) is 0 Å². The Bertz CT molecular complexity index is 136. The van der Waals surface area contributed by atoms with Crippen molar-refractivity contribution in [3.05, 3.63) is 22.9 Å². The molecular weight excluding hydrogens is 255 g/mol. The van der Waals surface area contributed by atoms with Gasteiger partial charge in [-0.2, -0.15) is 26.2 Å². The maximum absolute atomic E-state index is 10.0. The van der Waals surface area contributed by atoms with E-state index < -0.39 is 0 Å². The molecule has 6 nitrogen and oxygen atoms in total. The number of Topliss-reactive ketones (excluding diaryl/α,β-unsaturated/α-hetero) is 2. The summed E-state index contributed by atoms with van der Waals surface area (Å²) in [5.41, 5.74) is 25.1. The Kier molecular flexibility index (Phi) is 37.3. The molecule has 101 valence electrons. The Morgan fingerprint density at radius 1 is 0.750 bits per heavy atom. The van der Waals surface area contributed by atoms with Gasteiger partial charge < -0.3 is 22.9 Å². The molecule has 0 aliphatic carbocycles. The minimum absolute atomic E-state index is 0. The van der Waals surface area contributed by atoms with Crippen LogP contribution in [0, 0.1) is 0 Å². The summed E-state index contributed by atoms with van der Waals surface area (Å²) in [4.78, 5) is 20.1. The fraction of sp³-hybridized carbons (Fsp3) is 0.778. The van der Waals surface area contributed by atoms with Crippen molar-refractivity contribution in [3.63, 3.8) is 0 Å². The molecule has 16 heavy (non-hydrogen) atoms. The van der Waals surface area contributed by atoms with Crippen LogP contribution in [0.3, 0.4) is 0 Å². The van der Waals surface area contributed by atoms with Crippen molar-refractivity contribution in [2.75, 3.05) is 26.2 Å². The quantitative estimate of drug-likeness (QED) is 0.730. The molecule has 0 amide bonds. The third-order valence-electron chi connectivity index (χ3n) is 0.748. The Labute approximate surface area is 108 Å². The SMILES string of the molecule is CC(=O)CC(C)=O.[Co].[NH-]CC[NH-].[NH-]CC[NH-]. The molecule has 0 rings (SSSR count). The Morgan fingerprint density at radius 2 is 0.938 bits per heavy atom. The maximum atomic E-state index is 10.0. The van der Waals surface area contributed by atoms with Crippen LogP contribution in [0.5, 0.6) is 0 Å². The van der Waals surface area contributed by atoms with Crippen molar-refractivity contribution in [2.45, 2.75) is 20.3 Å². The topological polar surface area (TPSA) is 129 Å². The molecule has 0 aromatic heterocycles. The summed E-state index contributed by atoms with van der Waals surface area (Å²) in [6.45, 7) is 3.75. The Morgan fingerprint density at radius 3 is 0.938 bits per heavy atom. The summed E-state index contributed by atoms with van der Waals surface area (Å²) < 4.78 is 0. The molecule has 0 unspecified atom stereocenters. The van der Waals surface area contributed by atoms with Crippen molar-refractivity contribution < 1.29 is 26.4 Å². The zero-order valence-corrected chi connectivity index (χ0v) is 10.7. The molecule has 0 aromatic carbocycles. The van der Waals surface area contributed by atoms with Gasteiger partial charge in [0.05, 0.1) is 6.42 Å². The van der Waals surface area contributed by atoms with Gasteiger partial charge in [0.1, 0.15) is 11.6 Å². The van der Waals surface area contributed by atoms with E-state index in [4.69, 9.17) is 22.9 Å². The Hall–Kier alpha value is -0.314. The van der Waals surface area contributed by atoms with Gasteiger partial charge in [0.15, 0.2) is 0 Å². The summed E-state index contributed by atoms with van der Waals surface area (Å²) in [7, 11) is 0. The largest absolute Gasteiger partial charge is 0.679 e. The van der Waals surface area contributed by atoms with E-state index in [0.29, 0.717) is 0 Å². The van der Waals surface area contributed by atoms with Crippen LogP contribution in [0.1, 0.15) is 20.3 Å². The van der Waals surface area contributed by atoms with Crippen LogP contribution in [-0.4, -0.2) is 37.7 Å². The molecule has 1 radical (unpaired) electrons. The molecule has 0 saturated heterocycles. The molecule has 0 saturated carbocycles. The molecule has 0 fully saturated rings. The van der Waals surface area contributed by atoms with Crippen molar-refractivity contribution >= 4 is 11.6 Å². The van der Waals surface area contributed by atoms with Crippen molar-refractivity contribution in [1.29, 1.82) is 0 Å². The summed E-state index contributed by atoms with van der Waals surface area (Å²) in [6, 6.07) is 0. The number of hydrogen-bond acceptors (Lipinski definition) is 2. The summed E-state index contributed by atoms with van der Waals surface area (Å²) in [6.07, 6.45) is 0.0833. The van der Waals surface area contributed by atoms with Gasteiger partial charge in [-0.1, -0.05) is 0 Å². The number of nitrogens with one attached hydrogen (secondary N) is 4. The predicted octanol–water partition coefficient (Wildman–Crippen LogP) is 2.73. The second-order valence-electron chi connectivity index (χ2n) is 2.58. The number of hydrogen-bond donors (Lipinski definition) is 0. The second kappa shape index (κ2) is 24.1. The van der Waals surface area contributed by atoms with Crippen LogP contribution in [0.2, 0.25) is 0 Å². The van der Waals surface area contributed by atoms with Gasteiger partial charge in [0.25, 0.3) is 0 Å². The maximum Gasteiger partial charge on any atom is 0.137 e. The minimum Gasteiger partial charge on any atom is -0.679 e. The second-order valence-corrected chi connectivity index (χ2v) is 2.58. The van der Waals surface area contributed by atoms with Gasteiger partial charge >= 0.3 is 0 Å². The molecule has 0 spiro atoms. The first kappa shape index (κ1) is 24.8. The van der Waals surface area contributed by atoms with Crippen LogP contribution in [0.25, 0.3) is 22.9 Å². The van der Waals surface area contributed by atoms with Gasteiger partial charge in [-0.15, -0.1) is 0 Å². The molecule has 0 aromatic rings. The number of rotatable bonds is 4. The first-order valence-electron chi connectivity index (χ1n) is 4.53. The van der Waals surface area contributed by atoms with Crippen LogP contribution >= 0.6 is 0 Å². The zero-order valence-electron chi connectivity index (χ0n) is 9.69. The Balaban J connectivity index is -0.0000000700. The third-order valence-corrected chi connectivity index (χ3v) is 0.748. The van der Waals surface area contributed by atoms with E-state index in [9.17, 15) is 9.59 Å². The molecular formula is C9H20CoN4O2-4. The summed E-state index contributed by atoms with van der Waals surface area (Å²) in [5.74, 6) is -0.125. The van der Waals surface area contributed by atoms with Crippen LogP contribution in [-0.2, 0) is 26.4 Å². The molecule has 0 atom stereocenters. The average Bonchev–Trinajstić information content (AvgIpc) is 2.16. The molecule has 0 heterocycles. The van der Waals surface area contributed by atoms with Crippen LogP contribution < -0.4 is 0 Å². The summed E-state index contributed by atoms with van der Waals surface area (Å²) in [5, 5.41) is 0. The van der Waals surface area contributed by atoms with E-state index in [1.165, 1.54) is 13.8 Å². The minimum atomic E-state index is -0.0625. The smallest absolute Gasteiger partial charge is 0.137 e. The van der Waals surface area contributed by atoms with Gasteiger partial charge in [-0.05, 0) is 13.8 Å². The fourth-order valence-electron chi connectivity index (χ4n) is 0.351. The standard InChI is InChI=1S/C5H8O2.2C2H6N2.Co/c1-4(6)3-5(2)7;2*3-1-2-4;/h3H2,1-2H3;2*3-4H,1-2H2;/q;2*-2;. The van der Waals surface area contributed by atoms with E-state index in [1.54, 1.807) is 0 Å². The number of carbonyl (C=O) groups excluding carboxylic acids is 2. The van der Waals surface area contributed by atoms with Gasteiger partial charge in [-0.3, -0.25) is 9.59 Å². The summed E-state index contributed by atoms with van der Waals surface area (Å²) >= 11 is 0. The van der Waals surface area contributed by atoms with Gasteiger partial charge in [0, 0.05) is 16.8 Å². The van der Waals surface area contributed by atoms with E-state index >= 15 is 0 Å².